The van der Waals surface area contributed by atoms with Crippen molar-refractivity contribution in [2.24, 2.45) is 0 Å². The van der Waals surface area contributed by atoms with Gasteiger partial charge in [0.1, 0.15) is 0 Å². The molecule has 0 aromatic heterocycles. The van der Waals surface area contributed by atoms with E-state index in [1.165, 1.54) is 16.7 Å². The van der Waals surface area contributed by atoms with Gasteiger partial charge >= 0.3 is 0 Å². The summed E-state index contributed by atoms with van der Waals surface area (Å²) in [5.74, 6) is 1.55. The molecule has 0 spiro atoms. The van der Waals surface area contributed by atoms with Crippen LogP contribution in [0.4, 0.5) is 0 Å². The van der Waals surface area contributed by atoms with Crippen LogP contribution in [-0.2, 0) is 24.4 Å². The van der Waals surface area contributed by atoms with Gasteiger partial charge in [0.25, 0.3) is 0 Å². The van der Waals surface area contributed by atoms with Crippen molar-refractivity contribution in [3.05, 3.63) is 59.2 Å². The zero-order chi connectivity index (χ0) is 16.5. The lowest BCUT2D eigenvalue weighted by Crippen LogP contribution is -2.13. The summed E-state index contributed by atoms with van der Waals surface area (Å²) in [4.78, 5) is 0. The van der Waals surface area contributed by atoms with Crippen LogP contribution in [-0.4, -0.2) is 20.8 Å². The third-order valence-electron chi connectivity index (χ3n) is 3.49. The summed E-state index contributed by atoms with van der Waals surface area (Å²) in [6.07, 6.45) is 0. The number of benzene rings is 2. The number of ether oxygens (including phenoxy) is 3. The highest BCUT2D eigenvalue weighted by molar-refractivity contribution is 5.43. The third-order valence-corrected chi connectivity index (χ3v) is 3.49. The summed E-state index contributed by atoms with van der Waals surface area (Å²) in [5, 5.41) is 3.46. The van der Waals surface area contributed by atoms with Crippen LogP contribution in [0.2, 0.25) is 0 Å². The molecular formula is C19H25NO3. The standard InChI is InChI=1S/C19H25NO3/c1-4-23-19-11-16(8-9-18(19)22-3)13-20-12-15-6-5-7-17(10-15)14-21-2/h5-11,20H,4,12-14H2,1-3H3. The lowest BCUT2D eigenvalue weighted by molar-refractivity contribution is 0.185. The molecule has 23 heavy (non-hydrogen) atoms. The molecule has 0 unspecified atom stereocenters. The summed E-state index contributed by atoms with van der Waals surface area (Å²) in [5.41, 5.74) is 3.61. The molecule has 2 rings (SSSR count). The van der Waals surface area contributed by atoms with Crippen LogP contribution in [0.3, 0.4) is 0 Å². The quantitative estimate of drug-likeness (QED) is 0.768. The van der Waals surface area contributed by atoms with Crippen LogP contribution in [0.5, 0.6) is 11.5 Å². The monoisotopic (exact) mass is 315 g/mol. The molecule has 0 saturated carbocycles. The van der Waals surface area contributed by atoms with Crippen molar-refractivity contribution in [3.8, 4) is 11.5 Å². The van der Waals surface area contributed by atoms with Gasteiger partial charge in [-0.3, -0.25) is 0 Å². The molecule has 0 bridgehead atoms. The summed E-state index contributed by atoms with van der Waals surface area (Å²) in [7, 11) is 3.37. The second kappa shape index (κ2) is 9.18. The molecule has 2 aromatic carbocycles. The summed E-state index contributed by atoms with van der Waals surface area (Å²) < 4.78 is 16.1. The molecule has 4 nitrogen and oxygen atoms in total. The van der Waals surface area contributed by atoms with Crippen LogP contribution >= 0.6 is 0 Å². The fourth-order valence-corrected chi connectivity index (χ4v) is 2.45. The average molecular weight is 315 g/mol. The molecule has 4 heteroatoms. The van der Waals surface area contributed by atoms with Crippen LogP contribution in [0.25, 0.3) is 0 Å². The minimum atomic E-state index is 0.625. The number of hydrogen-bond donors (Lipinski definition) is 1. The second-order valence-corrected chi connectivity index (χ2v) is 5.27. The van der Waals surface area contributed by atoms with E-state index in [1.807, 2.05) is 19.1 Å². The van der Waals surface area contributed by atoms with Gasteiger partial charge in [-0.15, -0.1) is 0 Å². The van der Waals surface area contributed by atoms with Crippen molar-refractivity contribution in [2.75, 3.05) is 20.8 Å². The minimum Gasteiger partial charge on any atom is -0.493 e. The summed E-state index contributed by atoms with van der Waals surface area (Å²) >= 11 is 0. The Bertz CT molecular complexity index is 613. The predicted octanol–water partition coefficient (Wildman–Crippen LogP) is 3.53. The van der Waals surface area contributed by atoms with E-state index in [-0.39, 0.29) is 0 Å². The minimum absolute atomic E-state index is 0.625. The van der Waals surface area contributed by atoms with Crippen molar-refractivity contribution in [3.63, 3.8) is 0 Å². The van der Waals surface area contributed by atoms with Crippen molar-refractivity contribution < 1.29 is 14.2 Å². The molecule has 0 aliphatic heterocycles. The molecule has 0 amide bonds. The fourth-order valence-electron chi connectivity index (χ4n) is 2.45. The fraction of sp³-hybridized carbons (Fsp3) is 0.368. The first kappa shape index (κ1) is 17.3. The smallest absolute Gasteiger partial charge is 0.161 e. The zero-order valence-electron chi connectivity index (χ0n) is 14.1. The molecule has 0 atom stereocenters. The maximum absolute atomic E-state index is 5.61. The zero-order valence-corrected chi connectivity index (χ0v) is 14.1. The van der Waals surface area contributed by atoms with Crippen molar-refractivity contribution >= 4 is 0 Å². The van der Waals surface area contributed by atoms with E-state index < -0.39 is 0 Å². The molecular weight excluding hydrogens is 290 g/mol. The first-order chi connectivity index (χ1) is 11.3. The number of rotatable bonds is 9. The number of nitrogens with one attached hydrogen (secondary N) is 1. The van der Waals surface area contributed by atoms with Gasteiger partial charge in [-0.1, -0.05) is 30.3 Å². The Hall–Kier alpha value is -2.04. The number of methoxy groups -OCH3 is 2. The molecule has 0 heterocycles. The predicted molar refractivity (Wildman–Crippen MR) is 91.9 cm³/mol. The van der Waals surface area contributed by atoms with Gasteiger partial charge in [-0.05, 0) is 35.7 Å². The van der Waals surface area contributed by atoms with Crippen LogP contribution in [0.1, 0.15) is 23.6 Å². The Morgan fingerprint density at radius 1 is 0.870 bits per heavy atom. The summed E-state index contributed by atoms with van der Waals surface area (Å²) in [6.45, 7) is 4.83. The second-order valence-electron chi connectivity index (χ2n) is 5.27. The molecule has 1 N–H and O–H groups in total. The van der Waals surface area contributed by atoms with Crippen molar-refractivity contribution in [1.29, 1.82) is 0 Å². The average Bonchev–Trinajstić information content (AvgIpc) is 2.56. The Morgan fingerprint density at radius 2 is 1.61 bits per heavy atom. The van der Waals surface area contributed by atoms with Gasteiger partial charge in [0, 0.05) is 20.2 Å². The summed E-state index contributed by atoms with van der Waals surface area (Å²) in [6, 6.07) is 14.4. The van der Waals surface area contributed by atoms with Crippen LogP contribution < -0.4 is 14.8 Å². The topological polar surface area (TPSA) is 39.7 Å². The van der Waals surface area contributed by atoms with E-state index >= 15 is 0 Å². The van der Waals surface area contributed by atoms with Crippen molar-refractivity contribution in [2.45, 2.75) is 26.6 Å². The lowest BCUT2D eigenvalue weighted by Gasteiger charge is -2.12. The van der Waals surface area contributed by atoms with E-state index in [0.717, 1.165) is 24.6 Å². The van der Waals surface area contributed by atoms with E-state index in [4.69, 9.17) is 14.2 Å². The first-order valence-electron chi connectivity index (χ1n) is 7.84. The van der Waals surface area contributed by atoms with Gasteiger partial charge in [-0.2, -0.15) is 0 Å². The van der Waals surface area contributed by atoms with Gasteiger partial charge in [0.15, 0.2) is 11.5 Å². The van der Waals surface area contributed by atoms with Crippen LogP contribution in [0, 0.1) is 0 Å². The maximum Gasteiger partial charge on any atom is 0.161 e. The number of hydrogen-bond acceptors (Lipinski definition) is 4. The molecule has 2 aromatic rings. The SMILES string of the molecule is CCOc1cc(CNCc2cccc(COC)c2)ccc1OC. The van der Waals surface area contributed by atoms with E-state index in [0.29, 0.717) is 13.2 Å². The Balaban J connectivity index is 1.93. The lowest BCUT2D eigenvalue weighted by atomic mass is 10.1. The van der Waals surface area contributed by atoms with E-state index in [9.17, 15) is 0 Å². The van der Waals surface area contributed by atoms with Crippen molar-refractivity contribution in [1.82, 2.24) is 5.32 Å². The van der Waals surface area contributed by atoms with Gasteiger partial charge in [0.2, 0.25) is 0 Å². The maximum atomic E-state index is 5.61. The molecule has 0 aliphatic rings. The third kappa shape index (κ3) is 5.27. The molecule has 0 aliphatic carbocycles. The van der Waals surface area contributed by atoms with E-state index in [2.05, 4.69) is 35.6 Å². The van der Waals surface area contributed by atoms with Gasteiger partial charge in [0.05, 0.1) is 20.3 Å². The Kier molecular flexibility index (Phi) is 6.91. The molecule has 0 fully saturated rings. The Morgan fingerprint density at radius 3 is 2.30 bits per heavy atom. The molecule has 0 saturated heterocycles. The van der Waals surface area contributed by atoms with Gasteiger partial charge in [-0.25, -0.2) is 0 Å². The van der Waals surface area contributed by atoms with Crippen LogP contribution in [0.15, 0.2) is 42.5 Å². The highest BCUT2D eigenvalue weighted by atomic mass is 16.5. The normalized spacial score (nSPS) is 10.6. The van der Waals surface area contributed by atoms with Gasteiger partial charge < -0.3 is 19.5 Å². The first-order valence-corrected chi connectivity index (χ1v) is 7.84. The van der Waals surface area contributed by atoms with E-state index in [1.54, 1.807) is 14.2 Å². The Labute approximate surface area is 138 Å². The molecule has 124 valence electrons. The molecule has 0 radical (unpaired) electrons. The highest BCUT2D eigenvalue weighted by Crippen LogP contribution is 2.28. The highest BCUT2D eigenvalue weighted by Gasteiger charge is 2.05. The largest absolute Gasteiger partial charge is 0.493 e.